The van der Waals surface area contributed by atoms with Gasteiger partial charge in [0, 0.05) is 0 Å². The summed E-state index contributed by atoms with van der Waals surface area (Å²) in [4.78, 5) is 21.6. The second-order valence-electron chi connectivity index (χ2n) is 0.513. The standard InChI is InChI=1S/3Na.H3O4P.3H/c;;;1-5(2,3)4;;;/h;;;(H3,1,2,3,4);;;/q3*+1;;3*-1/p+1. The van der Waals surface area contributed by atoms with Gasteiger partial charge in [0.15, 0.2) is 0 Å². The largest absolute Gasteiger partial charge is 1.00 e. The summed E-state index contributed by atoms with van der Waals surface area (Å²) in [7, 11) is -4.64. The molecule has 8 heavy (non-hydrogen) atoms. The van der Waals surface area contributed by atoms with Crippen LogP contribution in [0.3, 0.4) is 0 Å². The topological polar surface area (TPSA) is 77.8 Å². The van der Waals surface area contributed by atoms with Gasteiger partial charge in [-0.05, 0) is 0 Å². The van der Waals surface area contributed by atoms with Crippen molar-refractivity contribution in [3.8, 4) is 0 Å². The summed E-state index contributed by atoms with van der Waals surface area (Å²) >= 11 is 0. The van der Waals surface area contributed by atoms with Crippen LogP contribution in [0.4, 0.5) is 0 Å². The zero-order chi connectivity index (χ0) is 4.50. The Morgan fingerprint density at radius 3 is 1.12 bits per heavy atom. The summed E-state index contributed by atoms with van der Waals surface area (Å²) in [6.07, 6.45) is 0. The molecule has 0 aromatic carbocycles. The van der Waals surface area contributed by atoms with Crippen molar-refractivity contribution in [1.82, 2.24) is 0 Å². The van der Waals surface area contributed by atoms with Crippen LogP contribution in [-0.4, -0.2) is 14.7 Å². The van der Waals surface area contributed by atoms with E-state index in [1.807, 2.05) is 0 Å². The molecule has 0 aliphatic rings. The van der Waals surface area contributed by atoms with Crippen molar-refractivity contribution in [3.05, 3.63) is 0 Å². The van der Waals surface area contributed by atoms with Gasteiger partial charge in [-0.2, -0.15) is 0 Å². The first-order chi connectivity index (χ1) is 2.00. The molecule has 0 aliphatic carbocycles. The van der Waals surface area contributed by atoms with E-state index in [0.29, 0.717) is 0 Å². The smallest absolute Gasteiger partial charge is 1.00 e. The second-order valence-corrected chi connectivity index (χ2v) is 1.54. The van der Waals surface area contributed by atoms with Gasteiger partial charge in [0.1, 0.15) is 0 Å². The van der Waals surface area contributed by atoms with E-state index in [2.05, 4.69) is 0 Å². The molecule has 0 heterocycles. The third-order valence-corrected chi connectivity index (χ3v) is 0. The maximum Gasteiger partial charge on any atom is 1.00 e. The minimum Gasteiger partial charge on any atom is -1.00 e. The summed E-state index contributed by atoms with van der Waals surface area (Å²) in [5.41, 5.74) is 0. The molecule has 0 saturated carbocycles. The fraction of sp³-hybridized carbons (Fsp3) is 0. The molecule has 3 N–H and O–H groups in total. The van der Waals surface area contributed by atoms with Crippen LogP contribution in [0, 0.1) is 0 Å². The Labute approximate surface area is 119 Å². The molecular weight excluding hydrogens is 164 g/mol. The minimum absolute atomic E-state index is 0. The van der Waals surface area contributed by atoms with Crippen molar-refractivity contribution in [3.63, 3.8) is 0 Å². The fourth-order valence-corrected chi connectivity index (χ4v) is 0. The first-order valence-electron chi connectivity index (χ1n) is 0.783. The van der Waals surface area contributed by atoms with E-state index in [1.54, 1.807) is 0 Å². The molecule has 0 unspecified atom stereocenters. The van der Waals surface area contributed by atoms with Crippen LogP contribution < -0.4 is 88.7 Å². The van der Waals surface area contributed by atoms with Gasteiger partial charge in [-0.25, -0.2) is 4.57 Å². The first-order valence-corrected chi connectivity index (χ1v) is 2.35. The predicted octanol–water partition coefficient (Wildman–Crippen LogP) is -9.47. The zero-order valence-electron chi connectivity index (χ0n) is 9.20. The molecule has 0 atom stereocenters. The number of hydrogen-bond acceptors (Lipinski definition) is 1. The monoisotopic (exact) mass is 171 g/mol. The predicted molar refractivity (Wildman–Crippen MR) is 18.7 cm³/mol. The molecule has 38 valence electrons. The van der Waals surface area contributed by atoms with Gasteiger partial charge in [0.2, 0.25) is 0 Å². The number of phosphoric acid groups is 1. The average Bonchev–Trinajstić information content (AvgIpc) is 0.722. The van der Waals surface area contributed by atoms with Crippen molar-refractivity contribution in [2.45, 2.75) is 0 Å². The Morgan fingerprint density at radius 2 is 1.12 bits per heavy atom. The van der Waals surface area contributed by atoms with Crippen molar-refractivity contribution in [2.24, 2.45) is 0 Å². The molecule has 0 aromatic heterocycles. The second kappa shape index (κ2) is 10.1. The quantitative estimate of drug-likeness (QED) is 0.250. The van der Waals surface area contributed by atoms with Gasteiger partial charge in [0.05, 0.1) is 0 Å². The molecule has 0 amide bonds. The Balaban J connectivity index is -0.00000000381. The summed E-state index contributed by atoms with van der Waals surface area (Å²) in [6.45, 7) is 0. The maximum atomic E-state index is 8.88. The van der Waals surface area contributed by atoms with Gasteiger partial charge < -0.3 is 19.0 Å². The summed E-state index contributed by atoms with van der Waals surface area (Å²) in [5, 5.41) is 0. The number of hydrogen-bond donors (Lipinski definition) is 3. The van der Waals surface area contributed by atoms with Gasteiger partial charge in [-0.1, -0.05) is 0 Å². The van der Waals surface area contributed by atoms with Crippen LogP contribution in [0.15, 0.2) is 0 Å². The molecular formula is H7Na3O4P+. The van der Waals surface area contributed by atoms with E-state index in [4.69, 9.17) is 19.2 Å². The Bertz CT molecular complexity index is 68.4. The fourth-order valence-electron chi connectivity index (χ4n) is 0. The first kappa shape index (κ1) is 22.5. The van der Waals surface area contributed by atoms with Gasteiger partial charge in [0.25, 0.3) is 0 Å². The van der Waals surface area contributed by atoms with E-state index >= 15 is 0 Å². The zero-order valence-corrected chi connectivity index (χ0v) is 12.1. The van der Waals surface area contributed by atoms with Gasteiger partial charge >= 0.3 is 97.9 Å². The van der Waals surface area contributed by atoms with Crippen LogP contribution in [0.2, 0.25) is 0 Å². The molecule has 0 saturated heterocycles. The van der Waals surface area contributed by atoms with E-state index in [9.17, 15) is 0 Å². The van der Waals surface area contributed by atoms with Crippen LogP contribution in [0.25, 0.3) is 0 Å². The van der Waals surface area contributed by atoms with E-state index in [-0.39, 0.29) is 94.4 Å². The summed E-state index contributed by atoms with van der Waals surface area (Å²) < 4.78 is 8.88. The van der Waals surface area contributed by atoms with Crippen LogP contribution >= 0.6 is 7.82 Å². The molecule has 0 aromatic rings. The molecule has 4 nitrogen and oxygen atoms in total. The molecule has 0 bridgehead atoms. The molecule has 0 rings (SSSR count). The minimum atomic E-state index is -4.64. The van der Waals surface area contributed by atoms with Gasteiger partial charge in [-0.15, -0.1) is 0 Å². The maximum absolute atomic E-state index is 8.88. The van der Waals surface area contributed by atoms with Crippen molar-refractivity contribution < 1.29 is 114 Å². The summed E-state index contributed by atoms with van der Waals surface area (Å²) in [6, 6.07) is 0. The molecule has 0 fully saturated rings. The number of rotatable bonds is 0. The van der Waals surface area contributed by atoms with E-state index in [0.717, 1.165) is 0 Å². The Kier molecular flexibility index (Phi) is 28.4. The molecule has 8 heteroatoms. The Hall–Kier alpha value is 3.11. The summed E-state index contributed by atoms with van der Waals surface area (Å²) in [5.74, 6) is 0. The van der Waals surface area contributed by atoms with Gasteiger partial charge in [-0.3, -0.25) is 0 Å². The van der Waals surface area contributed by atoms with Crippen LogP contribution in [0.5, 0.6) is 0 Å². The van der Waals surface area contributed by atoms with Crippen molar-refractivity contribution in [1.29, 1.82) is 0 Å². The van der Waals surface area contributed by atoms with Crippen LogP contribution in [-0.2, 0) is 4.57 Å². The van der Waals surface area contributed by atoms with Crippen molar-refractivity contribution >= 4 is 7.82 Å². The molecule has 0 spiro atoms. The Morgan fingerprint density at radius 1 is 1.12 bits per heavy atom. The van der Waals surface area contributed by atoms with Crippen LogP contribution in [0.1, 0.15) is 5.71 Å². The molecule has 0 radical (unpaired) electrons. The third-order valence-electron chi connectivity index (χ3n) is 0. The van der Waals surface area contributed by atoms with E-state index < -0.39 is 7.82 Å². The normalized spacial score (nSPS) is 7.38. The average molecular weight is 171 g/mol. The van der Waals surface area contributed by atoms with E-state index in [1.165, 1.54) is 0 Å². The SMILES string of the molecule is O=P(O)(O)O.[H+].[H-].[H-].[H-].[Na+].[Na+].[Na+]. The molecule has 0 aliphatic heterocycles. The van der Waals surface area contributed by atoms with Crippen molar-refractivity contribution in [2.75, 3.05) is 0 Å². The third kappa shape index (κ3) is 61.9.